The molecule has 2 nitrogen and oxygen atoms in total. The highest BCUT2D eigenvalue weighted by Gasteiger charge is 2.13. The molecule has 1 aromatic heterocycles. The number of benzene rings is 1. The Labute approximate surface area is 97.1 Å². The van der Waals surface area contributed by atoms with Crippen LogP contribution in [-0.4, -0.2) is 10.6 Å². The number of nitrogens with two attached hydrogens (primary N) is 1. The SMILES string of the molecule is CCc1c(CC(C)N)c2ccccc2n1C. The van der Waals surface area contributed by atoms with E-state index in [0.29, 0.717) is 0 Å². The van der Waals surface area contributed by atoms with Crippen molar-refractivity contribution in [2.24, 2.45) is 12.8 Å². The van der Waals surface area contributed by atoms with E-state index in [-0.39, 0.29) is 6.04 Å². The molecular formula is C14H20N2. The summed E-state index contributed by atoms with van der Waals surface area (Å²) < 4.78 is 2.30. The molecular weight excluding hydrogens is 196 g/mol. The number of rotatable bonds is 3. The highest BCUT2D eigenvalue weighted by Crippen LogP contribution is 2.26. The van der Waals surface area contributed by atoms with Crippen molar-refractivity contribution in [3.05, 3.63) is 35.5 Å². The van der Waals surface area contributed by atoms with Crippen LogP contribution in [0.4, 0.5) is 0 Å². The Kier molecular flexibility index (Phi) is 3.01. The molecule has 16 heavy (non-hydrogen) atoms. The second-order valence-electron chi connectivity index (χ2n) is 4.54. The van der Waals surface area contributed by atoms with E-state index in [4.69, 9.17) is 5.73 Å². The quantitative estimate of drug-likeness (QED) is 0.840. The molecule has 1 heterocycles. The summed E-state index contributed by atoms with van der Waals surface area (Å²) in [6.45, 7) is 4.28. The minimum atomic E-state index is 0.219. The number of para-hydroxylation sites is 1. The summed E-state index contributed by atoms with van der Waals surface area (Å²) in [5.74, 6) is 0. The maximum atomic E-state index is 5.94. The van der Waals surface area contributed by atoms with Gasteiger partial charge >= 0.3 is 0 Å². The molecule has 0 bridgehead atoms. The van der Waals surface area contributed by atoms with Gasteiger partial charge in [-0.3, -0.25) is 0 Å². The molecule has 2 N–H and O–H groups in total. The van der Waals surface area contributed by atoms with E-state index < -0.39 is 0 Å². The van der Waals surface area contributed by atoms with Crippen LogP contribution in [0.3, 0.4) is 0 Å². The van der Waals surface area contributed by atoms with Crippen molar-refractivity contribution in [2.45, 2.75) is 32.7 Å². The van der Waals surface area contributed by atoms with Crippen LogP contribution in [0.5, 0.6) is 0 Å². The highest BCUT2D eigenvalue weighted by atomic mass is 14.9. The average Bonchev–Trinajstić information content (AvgIpc) is 2.52. The molecule has 0 aliphatic rings. The zero-order valence-electron chi connectivity index (χ0n) is 10.3. The van der Waals surface area contributed by atoms with E-state index >= 15 is 0 Å². The normalized spacial score (nSPS) is 13.2. The summed E-state index contributed by atoms with van der Waals surface area (Å²) >= 11 is 0. The first-order chi connectivity index (χ1) is 7.65. The number of fused-ring (bicyclic) bond motifs is 1. The van der Waals surface area contributed by atoms with Gasteiger partial charge in [-0.15, -0.1) is 0 Å². The van der Waals surface area contributed by atoms with Gasteiger partial charge in [0.05, 0.1) is 0 Å². The van der Waals surface area contributed by atoms with Crippen LogP contribution in [0.25, 0.3) is 10.9 Å². The van der Waals surface area contributed by atoms with Crippen LogP contribution < -0.4 is 5.73 Å². The standard InChI is InChI=1S/C14H20N2/c1-4-13-12(9-10(2)15)11-7-5-6-8-14(11)16(13)3/h5-8,10H,4,9,15H2,1-3H3. The molecule has 0 spiro atoms. The lowest BCUT2D eigenvalue weighted by Gasteiger charge is -2.07. The predicted molar refractivity (Wildman–Crippen MR) is 69.7 cm³/mol. The molecule has 1 aromatic carbocycles. The fraction of sp³-hybridized carbons (Fsp3) is 0.429. The van der Waals surface area contributed by atoms with Crippen LogP contribution in [-0.2, 0) is 19.9 Å². The molecule has 0 aliphatic heterocycles. The van der Waals surface area contributed by atoms with E-state index in [0.717, 1.165) is 12.8 Å². The van der Waals surface area contributed by atoms with E-state index in [1.807, 2.05) is 0 Å². The molecule has 0 radical (unpaired) electrons. The zero-order valence-corrected chi connectivity index (χ0v) is 10.3. The van der Waals surface area contributed by atoms with Crippen molar-refractivity contribution < 1.29 is 0 Å². The van der Waals surface area contributed by atoms with Gasteiger partial charge in [0.2, 0.25) is 0 Å². The fourth-order valence-electron chi connectivity index (χ4n) is 2.52. The van der Waals surface area contributed by atoms with Crippen LogP contribution in [0.2, 0.25) is 0 Å². The van der Waals surface area contributed by atoms with Crippen molar-refractivity contribution in [3.8, 4) is 0 Å². The van der Waals surface area contributed by atoms with Gasteiger partial charge in [0.15, 0.2) is 0 Å². The number of hydrogen-bond donors (Lipinski definition) is 1. The molecule has 1 unspecified atom stereocenters. The van der Waals surface area contributed by atoms with Gasteiger partial charge < -0.3 is 10.3 Å². The maximum absolute atomic E-state index is 5.94. The second-order valence-corrected chi connectivity index (χ2v) is 4.54. The third kappa shape index (κ3) is 1.74. The Balaban J connectivity index is 2.68. The molecule has 0 aliphatic carbocycles. The third-order valence-corrected chi connectivity index (χ3v) is 3.20. The Morgan fingerprint density at radius 2 is 2.00 bits per heavy atom. The van der Waals surface area contributed by atoms with Gasteiger partial charge in [-0.2, -0.15) is 0 Å². The molecule has 0 saturated heterocycles. The summed E-state index contributed by atoms with van der Waals surface area (Å²) in [5, 5.41) is 1.36. The maximum Gasteiger partial charge on any atom is 0.0482 e. The summed E-state index contributed by atoms with van der Waals surface area (Å²) in [7, 11) is 2.14. The van der Waals surface area contributed by atoms with Gasteiger partial charge in [-0.05, 0) is 31.4 Å². The van der Waals surface area contributed by atoms with Crippen LogP contribution in [0.15, 0.2) is 24.3 Å². The topological polar surface area (TPSA) is 30.9 Å². The van der Waals surface area contributed by atoms with Crippen LogP contribution >= 0.6 is 0 Å². The van der Waals surface area contributed by atoms with Crippen molar-refractivity contribution in [3.63, 3.8) is 0 Å². The van der Waals surface area contributed by atoms with Gasteiger partial charge in [-0.1, -0.05) is 25.1 Å². The lowest BCUT2D eigenvalue weighted by Crippen LogP contribution is -2.18. The van der Waals surface area contributed by atoms with E-state index in [1.165, 1.54) is 22.2 Å². The zero-order chi connectivity index (χ0) is 11.7. The van der Waals surface area contributed by atoms with Gasteiger partial charge in [0.1, 0.15) is 0 Å². The minimum Gasteiger partial charge on any atom is -0.347 e. The Morgan fingerprint density at radius 3 is 2.62 bits per heavy atom. The molecule has 0 saturated carbocycles. The van der Waals surface area contributed by atoms with Crippen molar-refractivity contribution in [1.29, 1.82) is 0 Å². The van der Waals surface area contributed by atoms with Crippen molar-refractivity contribution in [2.75, 3.05) is 0 Å². The molecule has 2 aromatic rings. The monoisotopic (exact) mass is 216 g/mol. The largest absolute Gasteiger partial charge is 0.347 e. The first-order valence-corrected chi connectivity index (χ1v) is 5.95. The smallest absolute Gasteiger partial charge is 0.0482 e. The number of hydrogen-bond acceptors (Lipinski definition) is 1. The fourth-order valence-corrected chi connectivity index (χ4v) is 2.52. The Bertz CT molecular complexity index is 495. The van der Waals surface area contributed by atoms with Crippen LogP contribution in [0, 0.1) is 0 Å². The lowest BCUT2D eigenvalue weighted by molar-refractivity contribution is 0.725. The summed E-state index contributed by atoms with van der Waals surface area (Å²) in [6.07, 6.45) is 2.03. The molecule has 0 amide bonds. The number of nitrogens with zero attached hydrogens (tertiary/aromatic N) is 1. The van der Waals surface area contributed by atoms with Crippen molar-refractivity contribution in [1.82, 2.24) is 4.57 Å². The minimum absolute atomic E-state index is 0.219. The summed E-state index contributed by atoms with van der Waals surface area (Å²) in [6, 6.07) is 8.80. The molecule has 2 heteroatoms. The molecule has 86 valence electrons. The van der Waals surface area contributed by atoms with Crippen LogP contribution in [0.1, 0.15) is 25.1 Å². The molecule has 0 fully saturated rings. The van der Waals surface area contributed by atoms with Gasteiger partial charge in [0.25, 0.3) is 0 Å². The van der Waals surface area contributed by atoms with Gasteiger partial charge in [-0.25, -0.2) is 0 Å². The predicted octanol–water partition coefficient (Wildman–Crippen LogP) is 2.63. The van der Waals surface area contributed by atoms with Crippen molar-refractivity contribution >= 4 is 10.9 Å². The highest BCUT2D eigenvalue weighted by molar-refractivity contribution is 5.85. The lowest BCUT2D eigenvalue weighted by atomic mass is 10.0. The first kappa shape index (κ1) is 11.2. The summed E-state index contributed by atoms with van der Waals surface area (Å²) in [4.78, 5) is 0. The van der Waals surface area contributed by atoms with E-state index in [9.17, 15) is 0 Å². The third-order valence-electron chi connectivity index (χ3n) is 3.20. The van der Waals surface area contributed by atoms with E-state index in [2.05, 4.69) is 49.7 Å². The number of aromatic nitrogens is 1. The van der Waals surface area contributed by atoms with E-state index in [1.54, 1.807) is 0 Å². The molecule has 1 atom stereocenters. The Morgan fingerprint density at radius 1 is 1.31 bits per heavy atom. The summed E-state index contributed by atoms with van der Waals surface area (Å²) in [5.41, 5.74) is 10.1. The number of aryl methyl sites for hydroxylation is 1. The van der Waals surface area contributed by atoms with Gasteiger partial charge in [0, 0.05) is 29.7 Å². The average molecular weight is 216 g/mol. The first-order valence-electron chi connectivity index (χ1n) is 5.95. The second kappa shape index (κ2) is 4.30. The molecule has 2 rings (SSSR count). The Hall–Kier alpha value is -1.28.